The number of rotatable bonds is 4. The predicted molar refractivity (Wildman–Crippen MR) is 52.5 cm³/mol. The Hall–Kier alpha value is -0.460. The van der Waals surface area contributed by atoms with Crippen molar-refractivity contribution in [1.82, 2.24) is 4.90 Å². The highest BCUT2D eigenvalue weighted by Gasteiger charge is 2.31. The number of carboxylic acids is 1. The van der Waals surface area contributed by atoms with Gasteiger partial charge in [-0.05, 0) is 0 Å². The first-order chi connectivity index (χ1) is 6.66. The highest BCUT2D eigenvalue weighted by Crippen LogP contribution is 2.08. The maximum absolute atomic E-state index is 11.5. The largest absolute Gasteiger partial charge is 0.479 e. The molecular weight excluding hydrogens is 206 g/mol. The van der Waals surface area contributed by atoms with Gasteiger partial charge in [0.25, 0.3) is 0 Å². The summed E-state index contributed by atoms with van der Waals surface area (Å²) < 4.78 is 16.6. The number of hydrogen-bond donors (Lipinski definition) is 1. The van der Waals surface area contributed by atoms with Crippen LogP contribution in [0.5, 0.6) is 0 Å². The Morgan fingerprint density at radius 1 is 1.57 bits per heavy atom. The van der Waals surface area contributed by atoms with E-state index in [-0.39, 0.29) is 0 Å². The maximum Gasteiger partial charge on any atom is 0.334 e. The Morgan fingerprint density at radius 2 is 2.14 bits per heavy atom. The van der Waals surface area contributed by atoms with Crippen LogP contribution in [0.2, 0.25) is 0 Å². The van der Waals surface area contributed by atoms with Crippen LogP contribution in [0.1, 0.15) is 6.92 Å². The third kappa shape index (κ3) is 2.76. The first-order valence-corrected chi connectivity index (χ1v) is 5.96. The Balaban J connectivity index is 2.65. The molecule has 6 heteroatoms. The lowest BCUT2D eigenvalue weighted by Gasteiger charge is -2.30. The molecule has 1 heterocycles. The minimum absolute atomic E-state index is 0.369. The van der Waals surface area contributed by atoms with E-state index < -0.39 is 22.1 Å². The normalized spacial score (nSPS) is 22.9. The predicted octanol–water partition coefficient (Wildman–Crippen LogP) is -0.502. The summed E-state index contributed by atoms with van der Waals surface area (Å²) in [4.78, 5) is 12.6. The fraction of sp³-hybridized carbons (Fsp3) is 0.875. The zero-order valence-electron chi connectivity index (χ0n) is 8.14. The van der Waals surface area contributed by atoms with Gasteiger partial charge in [0.05, 0.1) is 24.0 Å². The minimum Gasteiger partial charge on any atom is -0.479 e. The average Bonchev–Trinajstić information content (AvgIpc) is 2.19. The van der Waals surface area contributed by atoms with Crippen LogP contribution in [0.25, 0.3) is 0 Å². The van der Waals surface area contributed by atoms with Gasteiger partial charge in [0.2, 0.25) is 0 Å². The van der Waals surface area contributed by atoms with E-state index in [0.717, 1.165) is 0 Å². The van der Waals surface area contributed by atoms with Gasteiger partial charge in [0.15, 0.2) is 5.37 Å². The van der Waals surface area contributed by atoms with Crippen LogP contribution in [-0.2, 0) is 20.3 Å². The van der Waals surface area contributed by atoms with Gasteiger partial charge >= 0.3 is 5.97 Å². The number of carbonyl (C=O) groups is 1. The van der Waals surface area contributed by atoms with E-state index in [1.165, 1.54) is 0 Å². The molecule has 0 aromatic heterocycles. The summed E-state index contributed by atoms with van der Waals surface area (Å²) in [5.74, 6) is -0.638. The molecule has 82 valence electrons. The highest BCUT2D eigenvalue weighted by atomic mass is 32.2. The number of nitrogens with zero attached hydrogens (tertiary/aromatic N) is 1. The fourth-order valence-electron chi connectivity index (χ4n) is 1.40. The standard InChI is InChI=1S/C8H15NO4S/c1-2-14(12)7(8(10)11)9-3-5-13-6-4-9/h7H,2-6H2,1H3,(H,10,11)/t7-,14+/m1/s1. The second-order valence-electron chi connectivity index (χ2n) is 3.01. The minimum atomic E-state index is -1.32. The van der Waals surface area contributed by atoms with E-state index in [1.54, 1.807) is 11.8 Å². The molecule has 1 rings (SSSR count). The van der Waals surface area contributed by atoms with Crippen LogP contribution in [-0.4, -0.2) is 57.6 Å². The van der Waals surface area contributed by atoms with Gasteiger partial charge in [0.1, 0.15) is 0 Å². The Bertz CT molecular complexity index is 227. The van der Waals surface area contributed by atoms with E-state index in [9.17, 15) is 9.00 Å². The molecule has 1 fully saturated rings. The number of aliphatic carboxylic acids is 1. The molecule has 0 amide bonds. The molecular formula is C8H15NO4S. The molecule has 1 aliphatic rings. The molecule has 1 saturated heterocycles. The van der Waals surface area contributed by atoms with E-state index in [2.05, 4.69) is 0 Å². The lowest BCUT2D eigenvalue weighted by Crippen LogP contribution is -2.49. The van der Waals surface area contributed by atoms with Crippen molar-refractivity contribution in [3.8, 4) is 0 Å². The quantitative estimate of drug-likeness (QED) is 0.693. The Labute approximate surface area is 85.5 Å². The van der Waals surface area contributed by atoms with Crippen LogP contribution < -0.4 is 0 Å². The molecule has 14 heavy (non-hydrogen) atoms. The summed E-state index contributed by atoms with van der Waals surface area (Å²) in [6, 6.07) is 0. The summed E-state index contributed by atoms with van der Waals surface area (Å²) in [6.07, 6.45) is 0. The smallest absolute Gasteiger partial charge is 0.334 e. The SMILES string of the molecule is CC[S@](=O)[C@H](C(=O)O)N1CCOCC1. The number of morpholine rings is 1. The van der Waals surface area contributed by atoms with Gasteiger partial charge in [-0.1, -0.05) is 6.92 Å². The van der Waals surface area contributed by atoms with Crippen molar-refractivity contribution in [3.05, 3.63) is 0 Å². The summed E-state index contributed by atoms with van der Waals surface area (Å²) in [5, 5.41) is 8.08. The Kier molecular flexibility index (Phi) is 4.50. The number of hydrogen-bond acceptors (Lipinski definition) is 4. The van der Waals surface area contributed by atoms with Gasteiger partial charge in [-0.15, -0.1) is 0 Å². The summed E-state index contributed by atoms with van der Waals surface area (Å²) in [6.45, 7) is 3.85. The van der Waals surface area contributed by atoms with Crippen LogP contribution in [0.3, 0.4) is 0 Å². The van der Waals surface area contributed by atoms with E-state index >= 15 is 0 Å². The average molecular weight is 221 g/mol. The highest BCUT2D eigenvalue weighted by molar-refractivity contribution is 7.86. The Morgan fingerprint density at radius 3 is 2.57 bits per heavy atom. The monoisotopic (exact) mass is 221 g/mol. The van der Waals surface area contributed by atoms with Crippen LogP contribution >= 0.6 is 0 Å². The molecule has 1 aliphatic heterocycles. The number of carboxylic acid groups (broad SMARTS) is 1. The van der Waals surface area contributed by atoms with Gasteiger partial charge in [-0.25, -0.2) is 4.79 Å². The summed E-state index contributed by atoms with van der Waals surface area (Å²) in [5.41, 5.74) is 0. The summed E-state index contributed by atoms with van der Waals surface area (Å²) in [7, 11) is -1.32. The molecule has 0 unspecified atom stereocenters. The van der Waals surface area contributed by atoms with Crippen molar-refractivity contribution in [2.45, 2.75) is 12.3 Å². The molecule has 0 radical (unpaired) electrons. The van der Waals surface area contributed by atoms with Crippen molar-refractivity contribution < 1.29 is 18.8 Å². The molecule has 0 aromatic rings. The lowest BCUT2D eigenvalue weighted by atomic mass is 10.4. The second kappa shape index (κ2) is 5.43. The second-order valence-corrected chi connectivity index (χ2v) is 4.79. The molecule has 0 saturated carbocycles. The maximum atomic E-state index is 11.5. The molecule has 0 aromatic carbocycles. The van der Waals surface area contributed by atoms with Crippen molar-refractivity contribution >= 4 is 16.8 Å². The molecule has 1 N–H and O–H groups in total. The van der Waals surface area contributed by atoms with Gasteiger partial charge in [-0.2, -0.15) is 0 Å². The molecule has 5 nitrogen and oxygen atoms in total. The zero-order chi connectivity index (χ0) is 10.6. The third-order valence-electron chi connectivity index (χ3n) is 2.12. The first kappa shape index (κ1) is 11.6. The zero-order valence-corrected chi connectivity index (χ0v) is 8.96. The van der Waals surface area contributed by atoms with E-state index in [4.69, 9.17) is 9.84 Å². The first-order valence-electron chi connectivity index (χ1n) is 4.58. The number of ether oxygens (including phenoxy) is 1. The van der Waals surface area contributed by atoms with Crippen LogP contribution in [0.15, 0.2) is 0 Å². The van der Waals surface area contributed by atoms with Gasteiger partial charge < -0.3 is 9.84 Å². The third-order valence-corrected chi connectivity index (χ3v) is 3.69. The molecule has 2 atom stereocenters. The van der Waals surface area contributed by atoms with Crippen LogP contribution in [0.4, 0.5) is 0 Å². The van der Waals surface area contributed by atoms with Crippen molar-refractivity contribution in [2.24, 2.45) is 0 Å². The van der Waals surface area contributed by atoms with Crippen molar-refractivity contribution in [2.75, 3.05) is 32.1 Å². The molecule has 0 spiro atoms. The fourth-order valence-corrected chi connectivity index (χ4v) is 2.49. The molecule has 0 bridgehead atoms. The topological polar surface area (TPSA) is 66.8 Å². The molecule has 0 aliphatic carbocycles. The van der Waals surface area contributed by atoms with E-state index in [0.29, 0.717) is 32.1 Å². The van der Waals surface area contributed by atoms with Gasteiger partial charge in [-0.3, -0.25) is 9.11 Å². The van der Waals surface area contributed by atoms with E-state index in [1.807, 2.05) is 0 Å². The van der Waals surface area contributed by atoms with Crippen molar-refractivity contribution in [1.29, 1.82) is 0 Å². The van der Waals surface area contributed by atoms with Gasteiger partial charge in [0, 0.05) is 18.8 Å². The summed E-state index contributed by atoms with van der Waals surface area (Å²) >= 11 is 0. The van der Waals surface area contributed by atoms with Crippen molar-refractivity contribution in [3.63, 3.8) is 0 Å². The van der Waals surface area contributed by atoms with Crippen LogP contribution in [0, 0.1) is 0 Å². The lowest BCUT2D eigenvalue weighted by molar-refractivity contribution is -0.141.